The van der Waals surface area contributed by atoms with Gasteiger partial charge in [-0.15, -0.1) is 5.11 Å². The number of aromatic hydroxyl groups is 1. The van der Waals surface area contributed by atoms with Crippen molar-refractivity contribution in [2.45, 2.75) is 16.0 Å². The number of hydrogen-bond donors (Lipinski definition) is 5. The number of phenols is 1. The minimum absolute atomic E-state index is 0.291. The zero-order valence-corrected chi connectivity index (χ0v) is 24.2. The molecule has 0 bridgehead atoms. The highest BCUT2D eigenvalue weighted by atomic mass is 35.5. The Kier molecular flexibility index (Phi) is 9.44. The van der Waals surface area contributed by atoms with Gasteiger partial charge in [0.25, 0.3) is 20.2 Å². The Morgan fingerprint density at radius 1 is 0.867 bits per heavy atom. The Labute approximate surface area is 256 Å². The molecule has 3 aromatic carbocycles. The van der Waals surface area contributed by atoms with Crippen LogP contribution < -0.4 is 5.32 Å². The molecule has 16 nitrogen and oxygen atoms in total. The number of phenolic OH excluding ortho intramolecular Hbond substituents is 1. The molecule has 21 heteroatoms. The molecule has 1 atom stereocenters. The van der Waals surface area contributed by atoms with E-state index in [-0.39, 0.29) is 5.69 Å². The second kappa shape index (κ2) is 12.9. The third-order valence-corrected chi connectivity index (χ3v) is 7.56. The summed E-state index contributed by atoms with van der Waals surface area (Å²) in [4.78, 5) is 16.2. The maximum atomic E-state index is 13.8. The summed E-state index contributed by atoms with van der Waals surface area (Å²) < 4.78 is 93.0. The van der Waals surface area contributed by atoms with Gasteiger partial charge in [-0.1, -0.05) is 41.9 Å². The highest BCUT2D eigenvalue weighted by Crippen LogP contribution is 2.40. The number of aromatic carboxylic acids is 1. The van der Waals surface area contributed by atoms with E-state index in [1.54, 1.807) is 18.2 Å². The third-order valence-electron chi connectivity index (χ3n) is 5.54. The first kappa shape index (κ1) is 32.9. The van der Waals surface area contributed by atoms with Crippen LogP contribution in [0.4, 0.5) is 31.7 Å². The highest BCUT2D eigenvalue weighted by molar-refractivity contribution is 7.86. The number of aromatic nitrogens is 2. The van der Waals surface area contributed by atoms with Crippen LogP contribution in [0.3, 0.4) is 0 Å². The van der Waals surface area contributed by atoms with Crippen molar-refractivity contribution in [1.29, 1.82) is 0 Å². The van der Waals surface area contributed by atoms with E-state index < -0.39 is 87.7 Å². The van der Waals surface area contributed by atoms with E-state index in [0.717, 1.165) is 12.1 Å². The number of carbonyl (C=O) groups is 1. The predicted molar refractivity (Wildman–Crippen MR) is 150 cm³/mol. The van der Waals surface area contributed by atoms with Crippen LogP contribution in [0.1, 0.15) is 22.1 Å². The third kappa shape index (κ3) is 7.93. The number of nitrogens with zero attached hydrogens (tertiary/aromatic N) is 6. The van der Waals surface area contributed by atoms with Gasteiger partial charge in [-0.3, -0.25) is 9.11 Å². The van der Waals surface area contributed by atoms with Gasteiger partial charge in [-0.05, 0) is 30.3 Å². The van der Waals surface area contributed by atoms with E-state index >= 15 is 0 Å². The van der Waals surface area contributed by atoms with Crippen LogP contribution in [-0.4, -0.2) is 52.1 Å². The lowest BCUT2D eigenvalue weighted by Crippen LogP contribution is -2.04. The SMILES string of the molecule is O=C(O)c1cc(S(=O)(=O)O)ccc1N=NC(N=Nc1cc(S(=O)(=O)O)cc(Nc2nc(F)nc(F)c2Cl)c1O)c1ccccc1. The molecule has 1 heterocycles. The maximum Gasteiger partial charge on any atom is 0.338 e. The Hall–Kier alpha value is -5.02. The van der Waals surface area contributed by atoms with Crippen LogP contribution in [0.15, 0.2) is 90.9 Å². The number of carboxylic acids is 1. The summed E-state index contributed by atoms with van der Waals surface area (Å²) in [6.07, 6.45) is -2.96. The minimum Gasteiger partial charge on any atom is -0.504 e. The van der Waals surface area contributed by atoms with Crippen molar-refractivity contribution in [2.24, 2.45) is 20.5 Å². The second-order valence-electron chi connectivity index (χ2n) is 8.56. The Morgan fingerprint density at radius 3 is 2.09 bits per heavy atom. The summed E-state index contributed by atoms with van der Waals surface area (Å²) in [5.41, 5.74) is -1.93. The molecule has 0 aliphatic heterocycles. The fourth-order valence-electron chi connectivity index (χ4n) is 3.47. The molecule has 4 rings (SSSR count). The molecule has 0 spiro atoms. The van der Waals surface area contributed by atoms with Crippen LogP contribution >= 0.6 is 11.6 Å². The molecule has 45 heavy (non-hydrogen) atoms. The number of nitrogens with one attached hydrogen (secondary N) is 1. The molecule has 5 N–H and O–H groups in total. The summed E-state index contributed by atoms with van der Waals surface area (Å²) in [5, 5.41) is 37.2. The molecule has 0 aliphatic carbocycles. The van der Waals surface area contributed by atoms with E-state index in [9.17, 15) is 49.7 Å². The quantitative estimate of drug-likeness (QED) is 0.0449. The van der Waals surface area contributed by atoms with Crippen molar-refractivity contribution in [1.82, 2.24) is 9.97 Å². The van der Waals surface area contributed by atoms with Crippen molar-refractivity contribution < 1.29 is 49.7 Å². The first-order valence-electron chi connectivity index (χ1n) is 11.8. The van der Waals surface area contributed by atoms with Crippen molar-refractivity contribution in [3.8, 4) is 5.75 Å². The van der Waals surface area contributed by atoms with Crippen molar-refractivity contribution in [3.63, 3.8) is 0 Å². The Bertz CT molecular complexity index is 2090. The second-order valence-corrected chi connectivity index (χ2v) is 11.8. The van der Waals surface area contributed by atoms with Gasteiger partial charge in [0.2, 0.25) is 12.1 Å². The Balaban J connectivity index is 1.80. The first-order valence-corrected chi connectivity index (χ1v) is 15.0. The topological polar surface area (TPSA) is 254 Å². The van der Waals surface area contributed by atoms with Crippen LogP contribution in [-0.2, 0) is 20.2 Å². The first-order chi connectivity index (χ1) is 21.0. The van der Waals surface area contributed by atoms with Gasteiger partial charge >= 0.3 is 12.0 Å². The van der Waals surface area contributed by atoms with Gasteiger partial charge < -0.3 is 15.5 Å². The fourth-order valence-corrected chi connectivity index (χ4v) is 4.63. The van der Waals surface area contributed by atoms with E-state index in [2.05, 4.69) is 35.7 Å². The molecular weight excluding hydrogens is 668 g/mol. The number of anilines is 2. The number of rotatable bonds is 10. The van der Waals surface area contributed by atoms with Gasteiger partial charge in [-0.25, -0.2) is 4.79 Å². The number of hydrogen-bond acceptors (Lipinski definition) is 13. The summed E-state index contributed by atoms with van der Waals surface area (Å²) in [6, 6.07) is 11.6. The van der Waals surface area contributed by atoms with Gasteiger partial charge in [0.15, 0.2) is 11.6 Å². The lowest BCUT2D eigenvalue weighted by molar-refractivity contribution is 0.0697. The highest BCUT2D eigenvalue weighted by Gasteiger charge is 2.22. The molecule has 0 amide bonds. The number of benzene rings is 3. The summed E-state index contributed by atoms with van der Waals surface area (Å²) in [5.74, 6) is -4.67. The fraction of sp³-hybridized carbons (Fsp3) is 0.0417. The predicted octanol–water partition coefficient (Wildman–Crippen LogP) is 5.62. The lowest BCUT2D eigenvalue weighted by atomic mass is 10.2. The summed E-state index contributed by atoms with van der Waals surface area (Å²) in [7, 11) is -9.72. The standard InChI is InChI=1S/C24H16ClF2N7O9S2/c25-18-20(26)29-24(27)30-22(18)28-16-9-13(45(41,42)43)10-17(19(16)35)32-34-21(11-4-2-1-3-5-11)33-31-15-7-6-12(44(38,39)40)8-14(15)23(36)37/h1-10,21,35H,(H,36,37)(H,28,29,30)(H,38,39,40)(H,41,42,43). The van der Waals surface area contributed by atoms with E-state index in [1.807, 2.05) is 0 Å². The normalized spacial score (nSPS) is 12.9. The molecule has 0 fully saturated rings. The molecule has 1 unspecified atom stereocenters. The van der Waals surface area contributed by atoms with E-state index in [0.29, 0.717) is 23.8 Å². The molecular formula is C24H16ClF2N7O9S2. The van der Waals surface area contributed by atoms with E-state index in [4.69, 9.17) is 11.6 Å². The van der Waals surface area contributed by atoms with Crippen LogP contribution in [0, 0.1) is 12.0 Å². The smallest absolute Gasteiger partial charge is 0.338 e. The van der Waals surface area contributed by atoms with Crippen molar-refractivity contribution >= 4 is 60.7 Å². The molecule has 0 saturated heterocycles. The van der Waals surface area contributed by atoms with Gasteiger partial charge in [0.1, 0.15) is 10.7 Å². The average Bonchev–Trinajstić information content (AvgIpc) is 2.96. The van der Waals surface area contributed by atoms with Crippen LogP contribution in [0.2, 0.25) is 5.02 Å². The van der Waals surface area contributed by atoms with Crippen molar-refractivity contribution in [3.05, 3.63) is 88.8 Å². The lowest BCUT2D eigenvalue weighted by Gasteiger charge is -2.12. The molecule has 0 saturated carbocycles. The van der Waals surface area contributed by atoms with Crippen LogP contribution in [0.5, 0.6) is 5.75 Å². The zero-order chi connectivity index (χ0) is 33.1. The molecule has 1 aromatic heterocycles. The van der Waals surface area contributed by atoms with Crippen LogP contribution in [0.25, 0.3) is 0 Å². The number of halogens is 3. The van der Waals surface area contributed by atoms with Crippen molar-refractivity contribution in [2.75, 3.05) is 5.32 Å². The molecule has 234 valence electrons. The molecule has 0 radical (unpaired) electrons. The maximum absolute atomic E-state index is 13.8. The number of carboxylic acid groups (broad SMARTS) is 1. The average molecular weight is 684 g/mol. The summed E-state index contributed by atoms with van der Waals surface area (Å²) >= 11 is 5.73. The van der Waals surface area contributed by atoms with Gasteiger partial charge in [0, 0.05) is 5.56 Å². The molecule has 0 aliphatic rings. The Morgan fingerprint density at radius 2 is 1.49 bits per heavy atom. The summed E-state index contributed by atoms with van der Waals surface area (Å²) in [6.45, 7) is 0. The largest absolute Gasteiger partial charge is 0.504 e. The zero-order valence-electron chi connectivity index (χ0n) is 21.8. The van der Waals surface area contributed by atoms with Gasteiger partial charge in [0.05, 0.1) is 26.7 Å². The minimum atomic E-state index is -4.97. The number of azo groups is 2. The molecule has 4 aromatic rings. The van der Waals surface area contributed by atoms with Gasteiger partial charge in [-0.2, -0.15) is 50.9 Å². The van der Waals surface area contributed by atoms with E-state index in [1.165, 1.54) is 12.1 Å². The monoisotopic (exact) mass is 683 g/mol.